The van der Waals surface area contributed by atoms with Gasteiger partial charge >= 0.3 is 0 Å². The normalized spacial score (nSPS) is 11.5. The van der Waals surface area contributed by atoms with Crippen LogP contribution in [0.2, 0.25) is 0 Å². The number of thioether (sulfide) groups is 1. The van der Waals surface area contributed by atoms with Gasteiger partial charge in [0.15, 0.2) is 15.6 Å². The lowest BCUT2D eigenvalue weighted by Gasteiger charge is -2.09. The lowest BCUT2D eigenvalue weighted by atomic mass is 10.3. The molecule has 1 amide bonds. The van der Waals surface area contributed by atoms with Crippen molar-refractivity contribution in [1.82, 2.24) is 0 Å². The number of halogens is 2. The van der Waals surface area contributed by atoms with Crippen molar-refractivity contribution in [3.63, 3.8) is 0 Å². The van der Waals surface area contributed by atoms with Crippen LogP contribution in [0.5, 0.6) is 0 Å². The van der Waals surface area contributed by atoms with Gasteiger partial charge in [0, 0.05) is 4.90 Å². The average molecular weight is 423 g/mol. The van der Waals surface area contributed by atoms with Crippen molar-refractivity contribution < 1.29 is 26.4 Å². The van der Waals surface area contributed by atoms with Crippen LogP contribution in [0.4, 0.5) is 14.5 Å². The van der Waals surface area contributed by atoms with Crippen molar-refractivity contribution in [3.05, 3.63) is 78.3 Å². The summed E-state index contributed by atoms with van der Waals surface area (Å²) in [4.78, 5) is 12.7. The van der Waals surface area contributed by atoms with E-state index < -0.39 is 27.3 Å². The molecule has 9 heteroatoms. The number of carbonyl (C=O) groups is 1. The number of hydrogen-bond donors (Lipinski definition) is 1. The second-order valence-electron chi connectivity index (χ2n) is 5.67. The molecule has 0 radical (unpaired) electrons. The molecule has 0 aliphatic rings. The van der Waals surface area contributed by atoms with Gasteiger partial charge in [-0.15, -0.1) is 0 Å². The molecule has 0 spiro atoms. The molecule has 3 rings (SSSR count). The Labute approximate surface area is 164 Å². The summed E-state index contributed by atoms with van der Waals surface area (Å²) in [5, 5.41) is 2.50. The number of benzene rings is 2. The van der Waals surface area contributed by atoms with E-state index in [-0.39, 0.29) is 27.0 Å². The predicted molar refractivity (Wildman–Crippen MR) is 102 cm³/mol. The second-order valence-corrected chi connectivity index (χ2v) is 8.69. The van der Waals surface area contributed by atoms with E-state index in [0.717, 1.165) is 0 Å². The van der Waals surface area contributed by atoms with Crippen LogP contribution < -0.4 is 5.32 Å². The van der Waals surface area contributed by atoms with Gasteiger partial charge in [0.05, 0.1) is 10.6 Å². The van der Waals surface area contributed by atoms with Crippen molar-refractivity contribution in [3.8, 4) is 0 Å². The Balaban J connectivity index is 1.73. The molecule has 0 fully saturated rings. The van der Waals surface area contributed by atoms with Gasteiger partial charge in [-0.25, -0.2) is 8.42 Å². The number of nitrogens with one attached hydrogen (secondary N) is 1. The number of rotatable bonds is 7. The Morgan fingerprint density at radius 3 is 2.39 bits per heavy atom. The molecule has 28 heavy (non-hydrogen) atoms. The number of amides is 1. The van der Waals surface area contributed by atoms with E-state index in [2.05, 4.69) is 5.32 Å². The first kappa shape index (κ1) is 20.1. The number of carbonyl (C=O) groups excluding carboxylic acids is 1. The number of para-hydroxylation sites is 1. The van der Waals surface area contributed by atoms with Crippen LogP contribution >= 0.6 is 11.8 Å². The zero-order valence-electron chi connectivity index (χ0n) is 14.3. The summed E-state index contributed by atoms with van der Waals surface area (Å²) in [6.45, 7) is 0. The summed E-state index contributed by atoms with van der Waals surface area (Å²) < 4.78 is 55.4. The van der Waals surface area contributed by atoms with E-state index in [1.54, 1.807) is 30.3 Å². The van der Waals surface area contributed by atoms with E-state index in [1.165, 1.54) is 36.4 Å². The van der Waals surface area contributed by atoms with Crippen LogP contribution in [-0.4, -0.2) is 20.1 Å². The van der Waals surface area contributed by atoms with Crippen molar-refractivity contribution in [2.75, 3.05) is 5.32 Å². The highest BCUT2D eigenvalue weighted by atomic mass is 32.2. The molecule has 0 saturated carbocycles. The van der Waals surface area contributed by atoms with Gasteiger partial charge in [-0.05, 0) is 36.4 Å². The fourth-order valence-corrected chi connectivity index (χ4v) is 4.29. The summed E-state index contributed by atoms with van der Waals surface area (Å²) in [7, 11) is -3.62. The monoisotopic (exact) mass is 423 g/mol. The molecule has 0 saturated heterocycles. The van der Waals surface area contributed by atoms with Gasteiger partial charge in [-0.2, -0.15) is 8.78 Å². The highest BCUT2D eigenvalue weighted by molar-refractivity contribution is 7.99. The predicted octanol–water partition coefficient (Wildman–Crippen LogP) is 4.82. The van der Waals surface area contributed by atoms with Crippen LogP contribution in [0.15, 0.2) is 80.9 Å². The van der Waals surface area contributed by atoms with Crippen LogP contribution in [0, 0.1) is 0 Å². The molecule has 1 heterocycles. The fraction of sp³-hybridized carbons (Fsp3) is 0.105. The van der Waals surface area contributed by atoms with Crippen molar-refractivity contribution in [1.29, 1.82) is 0 Å². The van der Waals surface area contributed by atoms with E-state index >= 15 is 0 Å². The summed E-state index contributed by atoms with van der Waals surface area (Å²) >= 11 is 0.315. The minimum atomic E-state index is -3.62. The molecule has 0 aliphatic heterocycles. The Hall–Kier alpha value is -2.65. The van der Waals surface area contributed by atoms with Gasteiger partial charge in [-0.3, -0.25) is 4.79 Å². The minimum absolute atomic E-state index is 0.101. The van der Waals surface area contributed by atoms with Crippen LogP contribution in [-0.2, 0) is 15.6 Å². The van der Waals surface area contributed by atoms with Gasteiger partial charge in [0.25, 0.3) is 11.7 Å². The number of anilines is 1. The molecular weight excluding hydrogens is 408 g/mol. The summed E-state index contributed by atoms with van der Waals surface area (Å²) in [5.74, 6) is -3.70. The topological polar surface area (TPSA) is 76.4 Å². The Bertz CT molecular complexity index is 1070. The highest BCUT2D eigenvalue weighted by Gasteiger charge is 2.20. The van der Waals surface area contributed by atoms with Crippen molar-refractivity contribution in [2.24, 2.45) is 0 Å². The first-order valence-corrected chi connectivity index (χ1v) is 10.6. The Morgan fingerprint density at radius 2 is 1.68 bits per heavy atom. The Morgan fingerprint density at radius 1 is 1.00 bits per heavy atom. The summed E-state index contributed by atoms with van der Waals surface area (Å²) in [6.07, 6.45) is 0. The SMILES string of the molecule is O=C(Nc1ccccc1SC(F)F)c1ccc(CS(=O)(=O)c2ccccc2)o1. The molecule has 3 aromatic rings. The molecule has 0 bridgehead atoms. The zero-order valence-corrected chi connectivity index (χ0v) is 16.0. The minimum Gasteiger partial charge on any atom is -0.455 e. The largest absolute Gasteiger partial charge is 0.455 e. The maximum atomic E-state index is 12.6. The first-order chi connectivity index (χ1) is 13.3. The molecule has 1 aromatic heterocycles. The smallest absolute Gasteiger partial charge is 0.291 e. The maximum absolute atomic E-state index is 12.6. The van der Waals surface area contributed by atoms with Crippen molar-refractivity contribution in [2.45, 2.75) is 21.3 Å². The van der Waals surface area contributed by atoms with Crippen LogP contribution in [0.25, 0.3) is 0 Å². The molecule has 1 N–H and O–H groups in total. The molecule has 0 aliphatic carbocycles. The molecule has 146 valence electrons. The van der Waals surface area contributed by atoms with E-state index in [1.807, 2.05) is 0 Å². The number of furan rings is 1. The van der Waals surface area contributed by atoms with E-state index in [0.29, 0.717) is 11.8 Å². The van der Waals surface area contributed by atoms with Gasteiger partial charge in [0.2, 0.25) is 0 Å². The number of alkyl halides is 2. The Kier molecular flexibility index (Phi) is 6.15. The third-order valence-corrected chi connectivity index (χ3v) is 6.11. The quantitative estimate of drug-likeness (QED) is 0.552. The highest BCUT2D eigenvalue weighted by Crippen LogP contribution is 2.32. The first-order valence-electron chi connectivity index (χ1n) is 8.07. The number of hydrogen-bond acceptors (Lipinski definition) is 5. The zero-order chi connectivity index (χ0) is 20.1. The van der Waals surface area contributed by atoms with E-state index in [4.69, 9.17) is 4.42 Å². The third-order valence-electron chi connectivity index (χ3n) is 3.67. The number of sulfone groups is 1. The molecule has 0 unspecified atom stereocenters. The van der Waals surface area contributed by atoms with Gasteiger partial charge < -0.3 is 9.73 Å². The molecule has 2 aromatic carbocycles. The average Bonchev–Trinajstić information content (AvgIpc) is 3.11. The van der Waals surface area contributed by atoms with Crippen molar-refractivity contribution >= 4 is 33.2 Å². The fourth-order valence-electron chi connectivity index (χ4n) is 2.43. The lowest BCUT2D eigenvalue weighted by molar-refractivity contribution is 0.0995. The maximum Gasteiger partial charge on any atom is 0.291 e. The van der Waals surface area contributed by atoms with Gasteiger partial charge in [-0.1, -0.05) is 42.1 Å². The molecule has 5 nitrogen and oxygen atoms in total. The van der Waals surface area contributed by atoms with Crippen LogP contribution in [0.1, 0.15) is 16.3 Å². The standard InChI is InChI=1S/C19H15F2NO4S2/c20-19(21)27-17-9-5-4-8-15(17)22-18(23)16-11-10-13(26-16)12-28(24,25)14-6-2-1-3-7-14/h1-11,19H,12H2,(H,22,23). The van der Waals surface area contributed by atoms with Crippen LogP contribution in [0.3, 0.4) is 0 Å². The lowest BCUT2D eigenvalue weighted by Crippen LogP contribution is -2.12. The third kappa shape index (κ3) is 4.99. The summed E-state index contributed by atoms with van der Waals surface area (Å²) in [6, 6.07) is 16.8. The molecule has 0 atom stereocenters. The summed E-state index contributed by atoms with van der Waals surface area (Å²) in [5.41, 5.74) is 0.215. The molecular formula is C19H15F2NO4S2. The van der Waals surface area contributed by atoms with E-state index in [9.17, 15) is 22.0 Å². The second kappa shape index (κ2) is 8.57. The van der Waals surface area contributed by atoms with Gasteiger partial charge in [0.1, 0.15) is 11.5 Å².